The molecule has 0 aliphatic heterocycles. The first-order chi connectivity index (χ1) is 8.54. The molecule has 0 spiro atoms. The van der Waals surface area contributed by atoms with Gasteiger partial charge >= 0.3 is 0 Å². The third-order valence-electron chi connectivity index (χ3n) is 4.25. The molecule has 0 saturated heterocycles. The fraction of sp³-hybridized carbons (Fsp3) is 0.600. The highest BCUT2D eigenvalue weighted by Gasteiger charge is 2.31. The summed E-state index contributed by atoms with van der Waals surface area (Å²) in [5.74, 6) is 0.463. The van der Waals surface area contributed by atoms with Crippen LogP contribution in [0.1, 0.15) is 44.6 Å². The van der Waals surface area contributed by atoms with Crippen LogP contribution >= 0.6 is 11.6 Å². The van der Waals surface area contributed by atoms with Crippen molar-refractivity contribution < 1.29 is 4.39 Å². The zero-order valence-corrected chi connectivity index (χ0v) is 11.6. The van der Waals surface area contributed by atoms with Crippen LogP contribution in [0.2, 0.25) is 5.02 Å². The highest BCUT2D eigenvalue weighted by Crippen LogP contribution is 2.35. The Balaban J connectivity index is 2.07. The molecule has 0 radical (unpaired) electrons. The number of rotatable bonds is 3. The largest absolute Gasteiger partial charge is 0.325 e. The van der Waals surface area contributed by atoms with Gasteiger partial charge in [-0.05, 0) is 49.7 Å². The van der Waals surface area contributed by atoms with Crippen molar-refractivity contribution >= 4 is 11.6 Å². The monoisotopic (exact) mass is 269 g/mol. The molecule has 0 aromatic heterocycles. The highest BCUT2D eigenvalue weighted by molar-refractivity contribution is 6.31. The molecule has 2 N–H and O–H groups in total. The van der Waals surface area contributed by atoms with Crippen molar-refractivity contribution in [3.8, 4) is 0 Å². The third kappa shape index (κ3) is 3.04. The van der Waals surface area contributed by atoms with E-state index < -0.39 is 0 Å². The van der Waals surface area contributed by atoms with E-state index in [4.69, 9.17) is 17.3 Å². The van der Waals surface area contributed by atoms with Gasteiger partial charge in [0.2, 0.25) is 0 Å². The van der Waals surface area contributed by atoms with Crippen LogP contribution in [0.25, 0.3) is 0 Å². The summed E-state index contributed by atoms with van der Waals surface area (Å²) in [5.41, 5.74) is 7.08. The first kappa shape index (κ1) is 13.8. The van der Waals surface area contributed by atoms with Crippen molar-refractivity contribution in [1.29, 1.82) is 0 Å². The fourth-order valence-corrected chi connectivity index (χ4v) is 3.09. The number of nitrogens with two attached hydrogens (primary N) is 1. The van der Waals surface area contributed by atoms with Gasteiger partial charge in [0, 0.05) is 5.54 Å². The van der Waals surface area contributed by atoms with Crippen molar-refractivity contribution in [3.05, 3.63) is 34.6 Å². The molecule has 1 aromatic carbocycles. The molecule has 0 bridgehead atoms. The van der Waals surface area contributed by atoms with Crippen LogP contribution in [0.15, 0.2) is 18.2 Å². The molecule has 1 nitrogen and oxygen atoms in total. The molecule has 3 heteroatoms. The Labute approximate surface area is 114 Å². The van der Waals surface area contributed by atoms with Gasteiger partial charge in [0.25, 0.3) is 0 Å². The van der Waals surface area contributed by atoms with Crippen LogP contribution in [0.5, 0.6) is 0 Å². The van der Waals surface area contributed by atoms with Gasteiger partial charge in [-0.2, -0.15) is 0 Å². The van der Waals surface area contributed by atoms with Crippen molar-refractivity contribution in [2.45, 2.75) is 51.0 Å². The van der Waals surface area contributed by atoms with E-state index in [0.29, 0.717) is 6.42 Å². The number of halogens is 2. The molecule has 1 aromatic rings. The van der Waals surface area contributed by atoms with E-state index >= 15 is 0 Å². The Kier molecular flexibility index (Phi) is 4.29. The molecular formula is C15H21ClFN. The first-order valence-electron chi connectivity index (χ1n) is 6.76. The van der Waals surface area contributed by atoms with E-state index in [2.05, 4.69) is 6.92 Å². The molecule has 0 amide bonds. The maximum Gasteiger partial charge on any atom is 0.142 e. The third-order valence-corrected chi connectivity index (χ3v) is 4.68. The minimum atomic E-state index is -0.347. The highest BCUT2D eigenvalue weighted by atomic mass is 35.5. The van der Waals surface area contributed by atoms with Crippen LogP contribution in [0.4, 0.5) is 4.39 Å². The molecule has 2 rings (SSSR count). The Morgan fingerprint density at radius 3 is 2.67 bits per heavy atom. The lowest BCUT2D eigenvalue weighted by atomic mass is 9.73. The standard InChI is InChI=1S/C15H21ClFN/c1-2-11-6-8-15(18,9-7-11)10-12-4-3-5-13(17)14(12)16/h3-5,11H,2,6-10,18H2,1H3. The Morgan fingerprint density at radius 2 is 2.06 bits per heavy atom. The topological polar surface area (TPSA) is 26.0 Å². The molecule has 1 aliphatic rings. The van der Waals surface area contributed by atoms with Gasteiger partial charge < -0.3 is 5.73 Å². The zero-order valence-electron chi connectivity index (χ0n) is 10.9. The first-order valence-corrected chi connectivity index (χ1v) is 7.13. The lowest BCUT2D eigenvalue weighted by molar-refractivity contribution is 0.228. The summed E-state index contributed by atoms with van der Waals surface area (Å²) in [7, 11) is 0. The van der Waals surface area contributed by atoms with Gasteiger partial charge in [0.15, 0.2) is 0 Å². The molecule has 100 valence electrons. The summed E-state index contributed by atoms with van der Waals surface area (Å²) in [6, 6.07) is 4.98. The van der Waals surface area contributed by atoms with E-state index in [1.165, 1.54) is 25.3 Å². The predicted molar refractivity (Wildman–Crippen MR) is 74.3 cm³/mol. The zero-order chi connectivity index (χ0) is 13.2. The van der Waals surface area contributed by atoms with Crippen LogP contribution < -0.4 is 5.73 Å². The Hall–Kier alpha value is -0.600. The van der Waals surface area contributed by atoms with E-state index in [1.54, 1.807) is 6.07 Å². The van der Waals surface area contributed by atoms with Crippen molar-refractivity contribution in [1.82, 2.24) is 0 Å². The SMILES string of the molecule is CCC1CCC(N)(Cc2cccc(F)c2Cl)CC1. The summed E-state index contributed by atoms with van der Waals surface area (Å²) < 4.78 is 13.4. The van der Waals surface area contributed by atoms with E-state index in [9.17, 15) is 4.39 Å². The number of hydrogen-bond acceptors (Lipinski definition) is 1. The second-order valence-electron chi connectivity index (χ2n) is 5.60. The van der Waals surface area contributed by atoms with Crippen LogP contribution in [-0.4, -0.2) is 5.54 Å². The minimum Gasteiger partial charge on any atom is -0.325 e. The minimum absolute atomic E-state index is 0.205. The van der Waals surface area contributed by atoms with Gasteiger partial charge in [0.05, 0.1) is 5.02 Å². The molecule has 0 atom stereocenters. The van der Waals surface area contributed by atoms with Crippen molar-refractivity contribution in [2.75, 3.05) is 0 Å². The van der Waals surface area contributed by atoms with E-state index in [-0.39, 0.29) is 16.4 Å². The molecule has 1 saturated carbocycles. The predicted octanol–water partition coefficient (Wildman–Crippen LogP) is 4.32. The lowest BCUT2D eigenvalue weighted by Gasteiger charge is -2.37. The van der Waals surface area contributed by atoms with Gasteiger partial charge in [-0.3, -0.25) is 0 Å². The summed E-state index contributed by atoms with van der Waals surface area (Å²) in [5, 5.41) is 0.236. The summed E-state index contributed by atoms with van der Waals surface area (Å²) in [6.45, 7) is 2.23. The van der Waals surface area contributed by atoms with Crippen molar-refractivity contribution in [3.63, 3.8) is 0 Å². The average molecular weight is 270 g/mol. The second-order valence-corrected chi connectivity index (χ2v) is 5.98. The van der Waals surface area contributed by atoms with E-state index in [1.807, 2.05) is 6.07 Å². The summed E-state index contributed by atoms with van der Waals surface area (Å²) in [4.78, 5) is 0. The Morgan fingerprint density at radius 1 is 1.39 bits per heavy atom. The van der Waals surface area contributed by atoms with Gasteiger partial charge in [-0.25, -0.2) is 4.39 Å². The van der Waals surface area contributed by atoms with Crippen LogP contribution in [0, 0.1) is 11.7 Å². The number of benzene rings is 1. The fourth-order valence-electron chi connectivity index (χ4n) is 2.90. The van der Waals surface area contributed by atoms with Gasteiger partial charge in [-0.1, -0.05) is 37.1 Å². The lowest BCUT2D eigenvalue weighted by Crippen LogP contribution is -2.45. The maximum atomic E-state index is 13.4. The summed E-state index contributed by atoms with van der Waals surface area (Å²) in [6.07, 6.45) is 6.30. The molecule has 0 unspecified atom stereocenters. The quantitative estimate of drug-likeness (QED) is 0.869. The average Bonchev–Trinajstić information content (AvgIpc) is 2.36. The van der Waals surface area contributed by atoms with Crippen molar-refractivity contribution in [2.24, 2.45) is 11.7 Å². The molecule has 18 heavy (non-hydrogen) atoms. The normalized spacial score (nSPS) is 28.3. The van der Waals surface area contributed by atoms with E-state index in [0.717, 1.165) is 24.3 Å². The summed E-state index contributed by atoms with van der Waals surface area (Å²) >= 11 is 6.00. The smallest absolute Gasteiger partial charge is 0.142 e. The van der Waals surface area contributed by atoms with Gasteiger partial charge in [0.1, 0.15) is 5.82 Å². The number of hydrogen-bond donors (Lipinski definition) is 1. The van der Waals surface area contributed by atoms with Crippen LogP contribution in [0.3, 0.4) is 0 Å². The maximum absolute atomic E-state index is 13.4. The molecule has 1 fully saturated rings. The second kappa shape index (κ2) is 5.58. The molecule has 1 aliphatic carbocycles. The van der Waals surface area contributed by atoms with Crippen LogP contribution in [-0.2, 0) is 6.42 Å². The Bertz CT molecular complexity index is 411. The molecule has 0 heterocycles. The molecular weight excluding hydrogens is 249 g/mol. The van der Waals surface area contributed by atoms with Gasteiger partial charge in [-0.15, -0.1) is 0 Å².